The van der Waals surface area contributed by atoms with E-state index >= 15 is 0 Å². The van der Waals surface area contributed by atoms with Gasteiger partial charge in [0.15, 0.2) is 5.16 Å². The lowest BCUT2D eigenvalue weighted by Crippen LogP contribution is -2.33. The molecule has 0 fully saturated rings. The van der Waals surface area contributed by atoms with Crippen LogP contribution in [0.4, 0.5) is 0 Å². The van der Waals surface area contributed by atoms with Gasteiger partial charge in [-0.05, 0) is 24.6 Å². The maximum atomic E-state index is 12.9. The lowest BCUT2D eigenvalue weighted by atomic mass is 10.0. The Kier molecular flexibility index (Phi) is 6.35. The van der Waals surface area contributed by atoms with Gasteiger partial charge in [0, 0.05) is 25.1 Å². The molecule has 7 nitrogen and oxygen atoms in total. The van der Waals surface area contributed by atoms with Gasteiger partial charge in [-0.3, -0.25) is 14.2 Å². The molecule has 2 aromatic carbocycles. The van der Waals surface area contributed by atoms with Gasteiger partial charge < -0.3 is 15.2 Å². The summed E-state index contributed by atoms with van der Waals surface area (Å²) in [5, 5.41) is 13.3. The third-order valence-electron chi connectivity index (χ3n) is 4.99. The van der Waals surface area contributed by atoms with Crippen molar-refractivity contribution in [3.8, 4) is 5.75 Å². The van der Waals surface area contributed by atoms with Crippen LogP contribution in [0.25, 0.3) is 10.9 Å². The average Bonchev–Trinajstić information content (AvgIpc) is 2.77. The lowest BCUT2D eigenvalue weighted by Gasteiger charge is -2.26. The maximum Gasteiger partial charge on any atom is 0.262 e. The van der Waals surface area contributed by atoms with E-state index < -0.39 is 0 Å². The Bertz CT molecular complexity index is 1110. The van der Waals surface area contributed by atoms with Crippen LogP contribution in [-0.4, -0.2) is 39.5 Å². The molecule has 0 spiro atoms. The van der Waals surface area contributed by atoms with Crippen LogP contribution in [-0.2, 0) is 11.3 Å². The number of carbonyl (C=O) groups excluding carboxylic acids is 1. The van der Waals surface area contributed by atoms with E-state index in [2.05, 4.69) is 10.3 Å². The zero-order valence-electron chi connectivity index (χ0n) is 16.4. The number of carbonyl (C=O) groups is 1. The zero-order valence-corrected chi connectivity index (χ0v) is 17.2. The van der Waals surface area contributed by atoms with Crippen molar-refractivity contribution in [1.29, 1.82) is 0 Å². The lowest BCUT2D eigenvalue weighted by molar-refractivity contribution is -0.119. The van der Waals surface area contributed by atoms with Crippen LogP contribution in [0, 0.1) is 0 Å². The van der Waals surface area contributed by atoms with Crippen LogP contribution in [0.15, 0.2) is 58.5 Å². The SMILES string of the molecule is O=C(CSc1nc2ccccc2c(=O)n1CCCO)NC1CCOc2ccccc21. The predicted molar refractivity (Wildman–Crippen MR) is 116 cm³/mol. The number of nitrogens with one attached hydrogen (secondary N) is 1. The Morgan fingerprint density at radius 1 is 1.23 bits per heavy atom. The summed E-state index contributed by atoms with van der Waals surface area (Å²) in [6, 6.07) is 14.8. The highest BCUT2D eigenvalue weighted by Gasteiger charge is 2.23. The topological polar surface area (TPSA) is 93.5 Å². The van der Waals surface area contributed by atoms with Crippen LogP contribution >= 0.6 is 11.8 Å². The first-order valence-corrected chi connectivity index (χ1v) is 10.9. The second-order valence-electron chi connectivity index (χ2n) is 7.03. The number of hydrogen-bond acceptors (Lipinski definition) is 6. The smallest absolute Gasteiger partial charge is 0.262 e. The van der Waals surface area contributed by atoms with E-state index in [1.165, 1.54) is 11.8 Å². The van der Waals surface area contributed by atoms with Crippen LogP contribution in [0.2, 0.25) is 0 Å². The number of nitrogens with zero attached hydrogens (tertiary/aromatic N) is 2. The highest BCUT2D eigenvalue weighted by Crippen LogP contribution is 2.31. The van der Waals surface area contributed by atoms with Crippen LogP contribution < -0.4 is 15.6 Å². The van der Waals surface area contributed by atoms with Crippen molar-refractivity contribution in [1.82, 2.24) is 14.9 Å². The van der Waals surface area contributed by atoms with Gasteiger partial charge in [0.25, 0.3) is 5.56 Å². The minimum absolute atomic E-state index is 0.0208. The van der Waals surface area contributed by atoms with E-state index in [4.69, 9.17) is 4.74 Å². The molecule has 2 heterocycles. The van der Waals surface area contributed by atoms with Gasteiger partial charge in [-0.2, -0.15) is 0 Å². The third kappa shape index (κ3) is 4.34. The first-order chi connectivity index (χ1) is 14.7. The minimum atomic E-state index is -0.157. The van der Waals surface area contributed by atoms with Crippen molar-refractivity contribution in [2.45, 2.75) is 30.6 Å². The number of thioether (sulfide) groups is 1. The number of aromatic nitrogens is 2. The van der Waals surface area contributed by atoms with E-state index in [0.717, 1.165) is 11.3 Å². The third-order valence-corrected chi connectivity index (χ3v) is 5.97. The first kappa shape index (κ1) is 20.4. The van der Waals surface area contributed by atoms with Gasteiger partial charge in [-0.25, -0.2) is 4.98 Å². The van der Waals surface area contributed by atoms with E-state index in [9.17, 15) is 14.7 Å². The molecule has 8 heteroatoms. The molecule has 0 saturated heterocycles. The van der Waals surface area contributed by atoms with Crippen LogP contribution in [0.5, 0.6) is 5.75 Å². The molecule has 3 aromatic rings. The second-order valence-corrected chi connectivity index (χ2v) is 7.97. The van der Waals surface area contributed by atoms with E-state index in [1.54, 1.807) is 22.8 Å². The molecule has 0 saturated carbocycles. The normalized spacial score (nSPS) is 15.4. The summed E-state index contributed by atoms with van der Waals surface area (Å²) in [6.07, 6.45) is 1.15. The van der Waals surface area contributed by atoms with Gasteiger partial charge in [-0.1, -0.05) is 42.1 Å². The number of ether oxygens (including phenoxy) is 1. The molecule has 1 atom stereocenters. The number of hydrogen-bond donors (Lipinski definition) is 2. The fourth-order valence-corrected chi connectivity index (χ4v) is 4.38. The van der Waals surface area contributed by atoms with Gasteiger partial charge in [0.1, 0.15) is 5.75 Å². The van der Waals surface area contributed by atoms with Gasteiger partial charge in [-0.15, -0.1) is 0 Å². The zero-order chi connectivity index (χ0) is 20.9. The summed E-state index contributed by atoms with van der Waals surface area (Å²) in [4.78, 5) is 30.1. The Labute approximate surface area is 178 Å². The van der Waals surface area contributed by atoms with Crippen molar-refractivity contribution in [3.05, 3.63) is 64.4 Å². The number of aliphatic hydroxyl groups excluding tert-OH is 1. The molecule has 0 bridgehead atoms. The molecule has 1 aliphatic heterocycles. The fraction of sp³-hybridized carbons (Fsp3) is 0.318. The standard InChI is InChI=1S/C22H23N3O4S/c26-12-5-11-25-21(28)16-7-1-3-8-17(16)24-22(25)30-14-20(27)23-18-10-13-29-19-9-4-2-6-15(18)19/h1-4,6-9,18,26H,5,10-14H2,(H,23,27). The first-order valence-electron chi connectivity index (χ1n) is 9.91. The number of amides is 1. The van der Waals surface area contributed by atoms with E-state index in [0.29, 0.717) is 42.1 Å². The van der Waals surface area contributed by atoms with Gasteiger partial charge >= 0.3 is 0 Å². The molecule has 1 aliphatic rings. The molecular weight excluding hydrogens is 402 g/mol. The Morgan fingerprint density at radius 2 is 2.03 bits per heavy atom. The number of rotatable bonds is 7. The quantitative estimate of drug-likeness (QED) is 0.446. The molecule has 0 radical (unpaired) electrons. The van der Waals surface area contributed by atoms with Crippen molar-refractivity contribution >= 4 is 28.6 Å². The summed E-state index contributed by atoms with van der Waals surface area (Å²) >= 11 is 1.23. The highest BCUT2D eigenvalue weighted by molar-refractivity contribution is 7.99. The average molecular weight is 426 g/mol. The van der Waals surface area contributed by atoms with Crippen LogP contribution in [0.3, 0.4) is 0 Å². The second kappa shape index (κ2) is 9.32. The molecule has 1 amide bonds. The van der Waals surface area contributed by atoms with Crippen molar-refractivity contribution in [2.75, 3.05) is 19.0 Å². The van der Waals surface area contributed by atoms with E-state index in [1.807, 2.05) is 30.3 Å². The largest absolute Gasteiger partial charge is 0.493 e. The molecule has 2 N–H and O–H groups in total. The number of aliphatic hydroxyl groups is 1. The number of para-hydroxylation sites is 2. The summed E-state index contributed by atoms with van der Waals surface area (Å²) in [5.74, 6) is 0.817. The summed E-state index contributed by atoms with van der Waals surface area (Å²) in [5.41, 5.74) is 1.42. The molecular formula is C22H23N3O4S. The predicted octanol–water partition coefficient (Wildman–Crippen LogP) is 2.51. The number of benzene rings is 2. The summed E-state index contributed by atoms with van der Waals surface area (Å²) in [6.45, 7) is 0.888. The highest BCUT2D eigenvalue weighted by atomic mass is 32.2. The molecule has 1 unspecified atom stereocenters. The fourth-order valence-electron chi connectivity index (χ4n) is 3.54. The van der Waals surface area contributed by atoms with Gasteiger partial charge in [0.2, 0.25) is 5.91 Å². The monoisotopic (exact) mass is 425 g/mol. The molecule has 30 heavy (non-hydrogen) atoms. The minimum Gasteiger partial charge on any atom is -0.493 e. The molecule has 4 rings (SSSR count). The van der Waals surface area contributed by atoms with Gasteiger partial charge in [0.05, 0.1) is 29.3 Å². The summed E-state index contributed by atoms with van der Waals surface area (Å²) < 4.78 is 7.19. The molecule has 1 aromatic heterocycles. The van der Waals surface area contributed by atoms with Crippen molar-refractivity contribution in [3.63, 3.8) is 0 Å². The van der Waals surface area contributed by atoms with Crippen molar-refractivity contribution < 1.29 is 14.6 Å². The Morgan fingerprint density at radius 3 is 2.90 bits per heavy atom. The Balaban J connectivity index is 1.50. The molecule has 156 valence electrons. The van der Waals surface area contributed by atoms with Crippen molar-refractivity contribution in [2.24, 2.45) is 0 Å². The number of fused-ring (bicyclic) bond motifs is 2. The Hall–Kier alpha value is -2.84. The van der Waals surface area contributed by atoms with Crippen LogP contribution in [0.1, 0.15) is 24.4 Å². The van der Waals surface area contributed by atoms with E-state index in [-0.39, 0.29) is 29.9 Å². The molecule has 0 aliphatic carbocycles. The maximum absolute atomic E-state index is 12.9. The summed E-state index contributed by atoms with van der Waals surface area (Å²) in [7, 11) is 0.